The monoisotopic (exact) mass is 408 g/mol. The summed E-state index contributed by atoms with van der Waals surface area (Å²) in [5.74, 6) is -1.31. The molecule has 0 aliphatic rings. The smallest absolute Gasteiger partial charge is 0.338 e. The van der Waals surface area contributed by atoms with E-state index >= 15 is 0 Å². The number of hydrogen-bond acceptors (Lipinski definition) is 6. The number of esters is 1. The van der Waals surface area contributed by atoms with Gasteiger partial charge in [0.05, 0.1) is 29.0 Å². The van der Waals surface area contributed by atoms with E-state index in [1.54, 1.807) is 4.68 Å². The van der Waals surface area contributed by atoms with Gasteiger partial charge in [-0.05, 0) is 32.0 Å². The highest BCUT2D eigenvalue weighted by Gasteiger charge is 2.19. The van der Waals surface area contributed by atoms with Crippen molar-refractivity contribution in [1.82, 2.24) is 15.1 Å². The summed E-state index contributed by atoms with van der Waals surface area (Å²) >= 11 is 0. The van der Waals surface area contributed by atoms with Gasteiger partial charge in [-0.1, -0.05) is 18.2 Å². The molecule has 30 heavy (non-hydrogen) atoms. The number of methoxy groups -OCH3 is 1. The molecule has 0 unspecified atom stereocenters. The lowest BCUT2D eigenvalue weighted by Gasteiger charge is -2.08. The Bertz CT molecular complexity index is 1120. The van der Waals surface area contributed by atoms with Gasteiger partial charge in [0, 0.05) is 35.5 Å². The molecule has 1 amide bonds. The van der Waals surface area contributed by atoms with E-state index in [9.17, 15) is 19.7 Å². The molecule has 0 aliphatic carbocycles. The van der Waals surface area contributed by atoms with E-state index in [0.717, 1.165) is 41.9 Å². The second-order valence-corrected chi connectivity index (χ2v) is 6.60. The number of nitro benzene ring substituents is 1. The van der Waals surface area contributed by atoms with Crippen LogP contribution in [0.15, 0.2) is 48.5 Å². The third-order valence-electron chi connectivity index (χ3n) is 4.68. The molecular weight excluding hydrogens is 388 g/mol. The third-order valence-corrected chi connectivity index (χ3v) is 4.68. The molecule has 0 aliphatic heterocycles. The Balaban J connectivity index is 1.84. The summed E-state index contributed by atoms with van der Waals surface area (Å²) in [4.78, 5) is 34.9. The standard InChI is InChI=1S/C21H20N4O5/c1-13-19(14(2)24(23-13)17-7-5-4-6-8-17)12-22-20(26)15-9-16(21(27)30-3)11-18(10-15)25(28)29/h4-11H,12H2,1-3H3,(H,22,26). The number of hydrogen-bond donors (Lipinski definition) is 1. The van der Waals surface area contributed by atoms with Crippen LogP contribution in [0, 0.1) is 24.0 Å². The molecule has 0 atom stereocenters. The van der Waals surface area contributed by atoms with Gasteiger partial charge in [0.2, 0.25) is 0 Å². The number of nitrogens with one attached hydrogen (secondary N) is 1. The molecule has 0 saturated carbocycles. The quantitative estimate of drug-likeness (QED) is 0.381. The van der Waals surface area contributed by atoms with Crippen molar-refractivity contribution in [1.29, 1.82) is 0 Å². The number of benzene rings is 2. The lowest BCUT2D eigenvalue weighted by atomic mass is 10.1. The number of nitrogens with zero attached hydrogens (tertiary/aromatic N) is 3. The summed E-state index contributed by atoms with van der Waals surface area (Å²) < 4.78 is 6.40. The minimum absolute atomic E-state index is 0.00430. The summed E-state index contributed by atoms with van der Waals surface area (Å²) in [5.41, 5.74) is 2.92. The van der Waals surface area contributed by atoms with Gasteiger partial charge in [-0.25, -0.2) is 9.48 Å². The van der Waals surface area contributed by atoms with Gasteiger partial charge in [-0.2, -0.15) is 5.10 Å². The summed E-state index contributed by atoms with van der Waals surface area (Å²) in [6.45, 7) is 3.92. The molecule has 0 saturated heterocycles. The van der Waals surface area contributed by atoms with Gasteiger partial charge in [0.1, 0.15) is 0 Å². The van der Waals surface area contributed by atoms with Crippen LogP contribution in [-0.2, 0) is 11.3 Å². The van der Waals surface area contributed by atoms with Crippen molar-refractivity contribution in [2.45, 2.75) is 20.4 Å². The number of carbonyl (C=O) groups excluding carboxylic acids is 2. The van der Waals surface area contributed by atoms with Crippen LogP contribution < -0.4 is 5.32 Å². The average Bonchev–Trinajstić information content (AvgIpc) is 3.04. The van der Waals surface area contributed by atoms with Gasteiger partial charge in [0.15, 0.2) is 0 Å². The van der Waals surface area contributed by atoms with Gasteiger partial charge in [-0.3, -0.25) is 14.9 Å². The zero-order chi connectivity index (χ0) is 21.8. The highest BCUT2D eigenvalue weighted by atomic mass is 16.6. The van der Waals surface area contributed by atoms with Crippen LogP contribution in [0.4, 0.5) is 5.69 Å². The first-order chi connectivity index (χ1) is 14.3. The first-order valence-corrected chi connectivity index (χ1v) is 9.08. The van der Waals surface area contributed by atoms with E-state index in [4.69, 9.17) is 0 Å². The van der Waals surface area contributed by atoms with Gasteiger partial charge >= 0.3 is 5.97 Å². The van der Waals surface area contributed by atoms with Crippen LogP contribution in [0.1, 0.15) is 37.7 Å². The highest BCUT2D eigenvalue weighted by molar-refractivity contribution is 5.98. The first kappa shape index (κ1) is 20.7. The van der Waals surface area contributed by atoms with Crippen LogP contribution in [0.25, 0.3) is 5.69 Å². The summed E-state index contributed by atoms with van der Waals surface area (Å²) in [7, 11) is 1.16. The normalized spacial score (nSPS) is 10.5. The maximum atomic E-state index is 12.6. The summed E-state index contributed by atoms with van der Waals surface area (Å²) in [6.07, 6.45) is 0. The second kappa shape index (κ2) is 8.56. The Kier molecular flexibility index (Phi) is 5.91. The van der Waals surface area contributed by atoms with Gasteiger partial charge in [0.25, 0.3) is 11.6 Å². The predicted molar refractivity (Wildman–Crippen MR) is 109 cm³/mol. The first-order valence-electron chi connectivity index (χ1n) is 9.08. The summed E-state index contributed by atoms with van der Waals surface area (Å²) in [6, 6.07) is 13.1. The van der Waals surface area contributed by atoms with Crippen LogP contribution in [-0.4, -0.2) is 33.7 Å². The second-order valence-electron chi connectivity index (χ2n) is 6.60. The topological polar surface area (TPSA) is 116 Å². The van der Waals surface area contributed by atoms with Crippen LogP contribution in [0.2, 0.25) is 0 Å². The summed E-state index contributed by atoms with van der Waals surface area (Å²) in [5, 5.41) is 18.4. The molecule has 1 aromatic heterocycles. The van der Waals surface area contributed by atoms with Gasteiger partial charge < -0.3 is 10.1 Å². The number of amides is 1. The predicted octanol–water partition coefficient (Wildman–Crippen LogP) is 3.11. The maximum absolute atomic E-state index is 12.6. The number of nitro groups is 1. The molecule has 0 radical (unpaired) electrons. The minimum atomic E-state index is -0.761. The molecule has 1 N–H and O–H groups in total. The van der Waals surface area contributed by atoms with Crippen LogP contribution in [0.3, 0.4) is 0 Å². The largest absolute Gasteiger partial charge is 0.465 e. The SMILES string of the molecule is COC(=O)c1cc(C(=O)NCc2c(C)nn(-c3ccccc3)c2C)cc([N+](=O)[O-])c1. The molecule has 2 aromatic carbocycles. The third kappa shape index (κ3) is 4.19. The Morgan fingerprint density at radius 1 is 1.13 bits per heavy atom. The number of ether oxygens (including phenoxy) is 1. The molecule has 9 heteroatoms. The van der Waals surface area contributed by atoms with Crippen molar-refractivity contribution in [2.75, 3.05) is 7.11 Å². The van der Waals surface area contributed by atoms with E-state index < -0.39 is 16.8 Å². The minimum Gasteiger partial charge on any atom is -0.465 e. The zero-order valence-electron chi connectivity index (χ0n) is 16.7. The number of aryl methyl sites for hydroxylation is 1. The number of para-hydroxylation sites is 1. The molecule has 3 rings (SSSR count). The molecule has 9 nitrogen and oxygen atoms in total. The van der Waals surface area contributed by atoms with Crippen molar-refractivity contribution in [3.05, 3.63) is 86.7 Å². The fourth-order valence-electron chi connectivity index (χ4n) is 3.11. The van der Waals surface area contributed by atoms with Crippen LogP contribution in [0.5, 0.6) is 0 Å². The van der Waals surface area contributed by atoms with E-state index in [2.05, 4.69) is 15.2 Å². The van der Waals surface area contributed by atoms with E-state index in [1.165, 1.54) is 6.07 Å². The number of rotatable bonds is 6. The zero-order valence-corrected chi connectivity index (χ0v) is 16.7. The molecule has 154 valence electrons. The Morgan fingerprint density at radius 2 is 1.80 bits per heavy atom. The lowest BCUT2D eigenvalue weighted by Crippen LogP contribution is -2.24. The molecule has 1 heterocycles. The number of aromatic nitrogens is 2. The Morgan fingerprint density at radius 3 is 2.43 bits per heavy atom. The van der Waals surface area contributed by atoms with Gasteiger partial charge in [-0.15, -0.1) is 0 Å². The number of carbonyl (C=O) groups is 2. The number of non-ortho nitro benzene ring substituents is 1. The van der Waals surface area contributed by atoms with Crippen molar-refractivity contribution in [2.24, 2.45) is 0 Å². The molecule has 0 bridgehead atoms. The molecule has 3 aromatic rings. The highest BCUT2D eigenvalue weighted by Crippen LogP contribution is 2.20. The van der Waals surface area contributed by atoms with Crippen molar-refractivity contribution in [3.63, 3.8) is 0 Å². The molecule has 0 spiro atoms. The maximum Gasteiger partial charge on any atom is 0.338 e. The van der Waals surface area contributed by atoms with E-state index in [-0.39, 0.29) is 23.4 Å². The van der Waals surface area contributed by atoms with E-state index in [1.807, 2.05) is 44.2 Å². The Labute approximate surface area is 172 Å². The van der Waals surface area contributed by atoms with Crippen molar-refractivity contribution < 1.29 is 19.2 Å². The average molecular weight is 408 g/mol. The fraction of sp³-hybridized carbons (Fsp3) is 0.190. The van der Waals surface area contributed by atoms with E-state index in [0.29, 0.717) is 0 Å². The van der Waals surface area contributed by atoms with Crippen molar-refractivity contribution >= 4 is 17.6 Å². The lowest BCUT2D eigenvalue weighted by molar-refractivity contribution is -0.384. The fourth-order valence-corrected chi connectivity index (χ4v) is 3.11. The molecular formula is C21H20N4O5. The Hall–Kier alpha value is -4.01. The molecule has 0 fully saturated rings. The van der Waals surface area contributed by atoms with Crippen molar-refractivity contribution in [3.8, 4) is 5.69 Å². The van der Waals surface area contributed by atoms with Crippen LogP contribution >= 0.6 is 0 Å².